The molecule has 0 radical (unpaired) electrons. The van der Waals surface area contributed by atoms with E-state index < -0.39 is 0 Å². The third-order valence-electron chi connectivity index (χ3n) is 8.07. The number of hydrogen-bond donors (Lipinski definition) is 0. The molecule has 36 heavy (non-hydrogen) atoms. The quantitative estimate of drug-likeness (QED) is 0.133. The molecule has 2 unspecified atom stereocenters. The molecule has 1 heterocycles. The van der Waals surface area contributed by atoms with E-state index >= 15 is 0 Å². The zero-order valence-electron chi connectivity index (χ0n) is 24.0. The zero-order valence-corrected chi connectivity index (χ0v) is 24.0. The van der Waals surface area contributed by atoms with E-state index in [-0.39, 0.29) is 0 Å². The first kappa shape index (κ1) is 30.7. The second kappa shape index (κ2) is 21.5. The largest absolute Gasteiger partial charge is 0.334 e. The van der Waals surface area contributed by atoms with Gasteiger partial charge in [-0.15, -0.1) is 0 Å². The maximum Gasteiger partial charge on any atom is 0.0948 e. The number of imidazole rings is 1. The summed E-state index contributed by atoms with van der Waals surface area (Å²) in [7, 11) is 0. The molecular formula is C34H58N2. The molecule has 0 aliphatic carbocycles. The average molecular weight is 495 g/mol. The monoisotopic (exact) mass is 494 g/mol. The lowest BCUT2D eigenvalue weighted by molar-refractivity contribution is 0.275. The summed E-state index contributed by atoms with van der Waals surface area (Å²) in [4.78, 5) is 4.42. The molecule has 204 valence electrons. The Balaban J connectivity index is 1.74. The molecular weight excluding hydrogens is 436 g/mol. The molecule has 0 amide bonds. The second-order valence-corrected chi connectivity index (χ2v) is 11.3. The molecule has 2 heteroatoms. The molecule has 1 aromatic heterocycles. The molecule has 1 aromatic carbocycles. The van der Waals surface area contributed by atoms with E-state index in [4.69, 9.17) is 0 Å². The lowest BCUT2D eigenvalue weighted by Gasteiger charge is -2.29. The fourth-order valence-electron chi connectivity index (χ4n) is 5.82. The standard InChI is InChI=1S/C34H58N2/c1-3-5-7-9-10-11-12-13-14-15-16-18-22-26-33(30-32-24-20-19-21-25-32)34(36-29-28-35-31-36)27-23-17-8-6-4-2/h19-21,24-25,28-29,31,33-34H,3-18,22-23,26-27,30H2,1-2H3. The van der Waals surface area contributed by atoms with Gasteiger partial charge in [-0.3, -0.25) is 0 Å². The maximum atomic E-state index is 4.42. The van der Waals surface area contributed by atoms with Gasteiger partial charge in [-0.1, -0.05) is 160 Å². The van der Waals surface area contributed by atoms with E-state index in [1.54, 1.807) is 0 Å². The second-order valence-electron chi connectivity index (χ2n) is 11.3. The number of benzene rings is 1. The highest BCUT2D eigenvalue weighted by molar-refractivity contribution is 5.15. The smallest absolute Gasteiger partial charge is 0.0948 e. The first-order valence-corrected chi connectivity index (χ1v) is 15.9. The van der Waals surface area contributed by atoms with Crippen molar-refractivity contribution < 1.29 is 0 Å². The van der Waals surface area contributed by atoms with Crippen LogP contribution in [0.3, 0.4) is 0 Å². The van der Waals surface area contributed by atoms with Crippen LogP contribution in [0.15, 0.2) is 49.1 Å². The van der Waals surface area contributed by atoms with E-state index in [2.05, 4.69) is 66.3 Å². The summed E-state index contributed by atoms with van der Waals surface area (Å²) in [5.74, 6) is 0.695. The molecule has 0 aliphatic rings. The van der Waals surface area contributed by atoms with Crippen LogP contribution in [0, 0.1) is 5.92 Å². The Hall–Kier alpha value is -1.57. The Morgan fingerprint density at radius 2 is 1.11 bits per heavy atom. The lowest BCUT2D eigenvalue weighted by atomic mass is 9.84. The first-order chi connectivity index (χ1) is 17.8. The van der Waals surface area contributed by atoms with E-state index in [9.17, 15) is 0 Å². The summed E-state index contributed by atoms with van der Waals surface area (Å²) in [6, 6.07) is 11.8. The topological polar surface area (TPSA) is 17.8 Å². The number of hydrogen-bond acceptors (Lipinski definition) is 1. The molecule has 0 saturated carbocycles. The molecule has 0 saturated heterocycles. The Morgan fingerprint density at radius 3 is 1.61 bits per heavy atom. The fraction of sp³-hybridized carbons (Fsp3) is 0.735. The summed E-state index contributed by atoms with van der Waals surface area (Å²) in [6.07, 6.45) is 35.4. The van der Waals surface area contributed by atoms with E-state index in [0.717, 1.165) is 0 Å². The number of unbranched alkanes of at least 4 members (excludes halogenated alkanes) is 16. The Labute approximate surface area is 224 Å². The molecule has 0 bridgehead atoms. The summed E-state index contributed by atoms with van der Waals surface area (Å²) in [6.45, 7) is 4.61. The highest BCUT2D eigenvalue weighted by atomic mass is 15.1. The van der Waals surface area contributed by atoms with Crippen LogP contribution in [0.2, 0.25) is 0 Å². The number of aromatic nitrogens is 2. The Morgan fingerprint density at radius 1 is 0.611 bits per heavy atom. The van der Waals surface area contributed by atoms with Crippen LogP contribution < -0.4 is 0 Å². The molecule has 0 fully saturated rings. The lowest BCUT2D eigenvalue weighted by Crippen LogP contribution is -2.21. The average Bonchev–Trinajstić information content (AvgIpc) is 3.44. The van der Waals surface area contributed by atoms with Crippen molar-refractivity contribution in [2.24, 2.45) is 5.92 Å². The van der Waals surface area contributed by atoms with Gasteiger partial charge in [-0.05, 0) is 30.7 Å². The van der Waals surface area contributed by atoms with Crippen molar-refractivity contribution >= 4 is 0 Å². The van der Waals surface area contributed by atoms with Crippen LogP contribution in [0.4, 0.5) is 0 Å². The van der Waals surface area contributed by atoms with Gasteiger partial charge in [0, 0.05) is 18.4 Å². The van der Waals surface area contributed by atoms with Crippen molar-refractivity contribution in [1.29, 1.82) is 0 Å². The minimum absolute atomic E-state index is 0.576. The van der Waals surface area contributed by atoms with E-state index in [1.807, 2.05) is 6.20 Å². The first-order valence-electron chi connectivity index (χ1n) is 15.9. The van der Waals surface area contributed by atoms with Crippen LogP contribution in [-0.2, 0) is 6.42 Å². The summed E-state index contributed by atoms with van der Waals surface area (Å²) in [5.41, 5.74) is 1.49. The van der Waals surface area contributed by atoms with Crippen LogP contribution in [0.1, 0.15) is 154 Å². The molecule has 2 rings (SSSR count). The SMILES string of the molecule is CCCCCCCCCCCCCCCC(Cc1ccccc1)C(CCCCCCC)n1ccnc1. The Bertz CT molecular complexity index is 693. The van der Waals surface area contributed by atoms with E-state index in [0.29, 0.717) is 12.0 Å². The van der Waals surface area contributed by atoms with Gasteiger partial charge in [0.05, 0.1) is 6.33 Å². The van der Waals surface area contributed by atoms with Crippen molar-refractivity contribution in [2.75, 3.05) is 0 Å². The highest BCUT2D eigenvalue weighted by Gasteiger charge is 2.23. The van der Waals surface area contributed by atoms with Crippen LogP contribution in [0.25, 0.3) is 0 Å². The summed E-state index contributed by atoms with van der Waals surface area (Å²) in [5, 5.41) is 0. The zero-order chi connectivity index (χ0) is 25.5. The fourth-order valence-corrected chi connectivity index (χ4v) is 5.82. The minimum Gasteiger partial charge on any atom is -0.334 e. The van der Waals surface area contributed by atoms with E-state index in [1.165, 1.54) is 140 Å². The Kier molecular flexibility index (Phi) is 18.3. The van der Waals surface area contributed by atoms with Crippen molar-refractivity contribution in [1.82, 2.24) is 9.55 Å². The molecule has 2 atom stereocenters. The van der Waals surface area contributed by atoms with Crippen LogP contribution in [-0.4, -0.2) is 9.55 Å². The predicted octanol–water partition coefficient (Wildman–Crippen LogP) is 11.1. The summed E-state index contributed by atoms with van der Waals surface area (Å²) >= 11 is 0. The van der Waals surface area contributed by atoms with Crippen molar-refractivity contribution in [3.05, 3.63) is 54.6 Å². The van der Waals surface area contributed by atoms with Gasteiger partial charge in [0.15, 0.2) is 0 Å². The number of nitrogens with zero attached hydrogens (tertiary/aromatic N) is 2. The van der Waals surface area contributed by atoms with Crippen molar-refractivity contribution in [2.45, 2.75) is 155 Å². The van der Waals surface area contributed by atoms with Gasteiger partial charge in [0.25, 0.3) is 0 Å². The third kappa shape index (κ3) is 14.2. The molecule has 2 nitrogen and oxygen atoms in total. The van der Waals surface area contributed by atoms with Gasteiger partial charge in [0.1, 0.15) is 0 Å². The molecule has 0 aliphatic heterocycles. The van der Waals surface area contributed by atoms with Gasteiger partial charge in [0.2, 0.25) is 0 Å². The highest BCUT2D eigenvalue weighted by Crippen LogP contribution is 2.32. The van der Waals surface area contributed by atoms with Gasteiger partial charge >= 0.3 is 0 Å². The normalized spacial score (nSPS) is 13.2. The summed E-state index contributed by atoms with van der Waals surface area (Å²) < 4.78 is 2.43. The van der Waals surface area contributed by atoms with Crippen molar-refractivity contribution in [3.8, 4) is 0 Å². The predicted molar refractivity (Wildman–Crippen MR) is 159 cm³/mol. The molecule has 0 N–H and O–H groups in total. The minimum atomic E-state index is 0.576. The van der Waals surface area contributed by atoms with Gasteiger partial charge in [-0.2, -0.15) is 0 Å². The van der Waals surface area contributed by atoms with Gasteiger partial charge in [-0.25, -0.2) is 4.98 Å². The van der Waals surface area contributed by atoms with Crippen LogP contribution >= 0.6 is 0 Å². The van der Waals surface area contributed by atoms with Crippen LogP contribution in [0.5, 0.6) is 0 Å². The van der Waals surface area contributed by atoms with Crippen molar-refractivity contribution in [3.63, 3.8) is 0 Å². The molecule has 2 aromatic rings. The molecule has 0 spiro atoms. The number of rotatable bonds is 24. The third-order valence-corrected chi connectivity index (χ3v) is 8.07. The maximum absolute atomic E-state index is 4.42. The van der Waals surface area contributed by atoms with Gasteiger partial charge < -0.3 is 4.57 Å².